The zero-order valence-electron chi connectivity index (χ0n) is 16.4. The molecule has 27 heavy (non-hydrogen) atoms. The first kappa shape index (κ1) is 19.5. The van der Waals surface area contributed by atoms with Crippen LogP contribution in [0.4, 0.5) is 5.69 Å². The quantitative estimate of drug-likeness (QED) is 0.806. The number of hydrogen-bond acceptors (Lipinski definition) is 6. The van der Waals surface area contributed by atoms with E-state index >= 15 is 0 Å². The van der Waals surface area contributed by atoms with Crippen LogP contribution in [0.3, 0.4) is 0 Å². The Kier molecular flexibility index (Phi) is 6.58. The third-order valence-electron chi connectivity index (χ3n) is 5.15. The van der Waals surface area contributed by atoms with Crippen molar-refractivity contribution in [1.29, 1.82) is 0 Å². The number of amides is 1. The first-order chi connectivity index (χ1) is 13.1. The summed E-state index contributed by atoms with van der Waals surface area (Å²) in [7, 11) is 0. The number of hydrogen-bond donors (Lipinski definition) is 1. The number of aryl methyl sites for hydroxylation is 2. The highest BCUT2D eigenvalue weighted by atomic mass is 16.5. The zero-order chi connectivity index (χ0) is 19.2. The molecule has 146 valence electrons. The Morgan fingerprint density at radius 3 is 2.59 bits per heavy atom. The Morgan fingerprint density at radius 1 is 1.19 bits per heavy atom. The molecule has 0 saturated carbocycles. The third kappa shape index (κ3) is 4.93. The molecular weight excluding hydrogens is 342 g/mol. The van der Waals surface area contributed by atoms with E-state index in [1.165, 1.54) is 0 Å². The molecule has 2 aromatic rings. The van der Waals surface area contributed by atoms with Crippen molar-refractivity contribution in [2.24, 2.45) is 0 Å². The summed E-state index contributed by atoms with van der Waals surface area (Å²) < 4.78 is 5.37. The largest absolute Gasteiger partial charge is 0.338 e. The minimum atomic E-state index is 0.0434. The van der Waals surface area contributed by atoms with E-state index < -0.39 is 0 Å². The second-order valence-electron chi connectivity index (χ2n) is 6.95. The normalized spacial score (nSPS) is 17.0. The molecule has 0 radical (unpaired) electrons. The van der Waals surface area contributed by atoms with Crippen LogP contribution in [0.25, 0.3) is 0 Å². The van der Waals surface area contributed by atoms with E-state index in [1.807, 2.05) is 25.1 Å². The lowest BCUT2D eigenvalue weighted by Crippen LogP contribution is -2.49. The Balaban J connectivity index is 1.48. The van der Waals surface area contributed by atoms with Gasteiger partial charge in [-0.05, 0) is 25.0 Å². The summed E-state index contributed by atoms with van der Waals surface area (Å²) in [5, 5.41) is 7.03. The summed E-state index contributed by atoms with van der Waals surface area (Å²) in [5.41, 5.74) is 2.08. The van der Waals surface area contributed by atoms with Gasteiger partial charge < -0.3 is 9.84 Å². The number of nitrogens with zero attached hydrogens (tertiary/aromatic N) is 4. The smallest absolute Gasteiger partial charge is 0.243 e. The fourth-order valence-electron chi connectivity index (χ4n) is 3.39. The molecular formula is C20H29N5O2. The predicted molar refractivity (Wildman–Crippen MR) is 105 cm³/mol. The summed E-state index contributed by atoms with van der Waals surface area (Å²) in [6, 6.07) is 8.07. The Hall–Kier alpha value is -2.25. The standard InChI is InChI=1S/C20H29N5O2/c1-4-16-8-6-7-9-17(16)21-19(26)14-24-10-12-25(13-11-24)15(3)20-22-18(5-2)23-27-20/h6-9,15H,4-5,10-14H2,1-3H3,(H,21,26). The van der Waals surface area contributed by atoms with Crippen LogP contribution in [-0.4, -0.2) is 58.6 Å². The lowest BCUT2D eigenvalue weighted by molar-refractivity contribution is -0.117. The fourth-order valence-corrected chi connectivity index (χ4v) is 3.39. The van der Waals surface area contributed by atoms with Crippen LogP contribution in [0, 0.1) is 0 Å². The molecule has 1 atom stereocenters. The van der Waals surface area contributed by atoms with E-state index in [1.54, 1.807) is 0 Å². The van der Waals surface area contributed by atoms with E-state index in [9.17, 15) is 4.79 Å². The molecule has 3 rings (SSSR count). The molecule has 1 saturated heterocycles. The number of rotatable bonds is 7. The van der Waals surface area contributed by atoms with E-state index in [4.69, 9.17) is 4.52 Å². The summed E-state index contributed by atoms with van der Waals surface area (Å²) in [6.07, 6.45) is 1.68. The maximum Gasteiger partial charge on any atom is 0.243 e. The van der Waals surface area contributed by atoms with Crippen LogP contribution in [0.15, 0.2) is 28.8 Å². The number of aromatic nitrogens is 2. The van der Waals surface area contributed by atoms with Crippen molar-refractivity contribution in [2.75, 3.05) is 38.0 Å². The van der Waals surface area contributed by atoms with E-state index in [-0.39, 0.29) is 11.9 Å². The molecule has 1 amide bonds. The van der Waals surface area contributed by atoms with Crippen molar-refractivity contribution < 1.29 is 9.32 Å². The topological polar surface area (TPSA) is 74.5 Å². The zero-order valence-corrected chi connectivity index (χ0v) is 16.4. The van der Waals surface area contributed by atoms with Crippen LogP contribution >= 0.6 is 0 Å². The molecule has 1 aliphatic heterocycles. The van der Waals surface area contributed by atoms with Crippen LogP contribution < -0.4 is 5.32 Å². The van der Waals surface area contributed by atoms with Crippen molar-refractivity contribution in [1.82, 2.24) is 19.9 Å². The van der Waals surface area contributed by atoms with E-state index in [0.717, 1.165) is 56.1 Å². The maximum atomic E-state index is 12.4. The lowest BCUT2D eigenvalue weighted by Gasteiger charge is -2.36. The summed E-state index contributed by atoms with van der Waals surface area (Å²) >= 11 is 0. The second-order valence-corrected chi connectivity index (χ2v) is 6.95. The van der Waals surface area contributed by atoms with Gasteiger partial charge in [0, 0.05) is 38.3 Å². The molecule has 7 nitrogen and oxygen atoms in total. The highest BCUT2D eigenvalue weighted by Crippen LogP contribution is 2.20. The summed E-state index contributed by atoms with van der Waals surface area (Å²) in [5.74, 6) is 1.47. The molecule has 2 heterocycles. The van der Waals surface area contributed by atoms with Gasteiger partial charge in [-0.3, -0.25) is 14.6 Å². The Labute approximate surface area is 160 Å². The van der Waals surface area contributed by atoms with E-state index in [2.05, 4.69) is 45.2 Å². The fraction of sp³-hybridized carbons (Fsp3) is 0.550. The first-order valence-electron chi connectivity index (χ1n) is 9.77. The third-order valence-corrected chi connectivity index (χ3v) is 5.15. The first-order valence-corrected chi connectivity index (χ1v) is 9.77. The van der Waals surface area contributed by atoms with Crippen molar-refractivity contribution in [3.05, 3.63) is 41.5 Å². The SMILES string of the molecule is CCc1noc(C(C)N2CCN(CC(=O)Nc3ccccc3CC)CC2)n1. The highest BCUT2D eigenvalue weighted by molar-refractivity contribution is 5.93. The van der Waals surface area contributed by atoms with Gasteiger partial charge in [-0.25, -0.2) is 0 Å². The number of carbonyl (C=O) groups is 1. The van der Waals surface area contributed by atoms with Gasteiger partial charge in [0.05, 0.1) is 12.6 Å². The van der Waals surface area contributed by atoms with Gasteiger partial charge >= 0.3 is 0 Å². The minimum absolute atomic E-state index is 0.0434. The van der Waals surface area contributed by atoms with Gasteiger partial charge in [0.25, 0.3) is 0 Å². The van der Waals surface area contributed by atoms with Crippen molar-refractivity contribution >= 4 is 11.6 Å². The summed E-state index contributed by atoms with van der Waals surface area (Å²) in [6.45, 7) is 10.1. The summed E-state index contributed by atoms with van der Waals surface area (Å²) in [4.78, 5) is 21.4. The molecule has 0 bridgehead atoms. The van der Waals surface area contributed by atoms with Crippen molar-refractivity contribution in [3.8, 4) is 0 Å². The van der Waals surface area contributed by atoms with Gasteiger partial charge in [-0.2, -0.15) is 4.98 Å². The van der Waals surface area contributed by atoms with Crippen LogP contribution in [0.5, 0.6) is 0 Å². The highest BCUT2D eigenvalue weighted by Gasteiger charge is 2.26. The molecule has 1 fully saturated rings. The average molecular weight is 371 g/mol. The van der Waals surface area contributed by atoms with Gasteiger partial charge in [0.2, 0.25) is 11.8 Å². The molecule has 1 N–H and O–H groups in total. The molecule has 1 aromatic heterocycles. The van der Waals surface area contributed by atoms with Crippen molar-refractivity contribution in [3.63, 3.8) is 0 Å². The number of carbonyl (C=O) groups excluding carboxylic acids is 1. The molecule has 1 aromatic carbocycles. The number of anilines is 1. The number of nitrogens with one attached hydrogen (secondary N) is 1. The molecule has 1 unspecified atom stereocenters. The predicted octanol–water partition coefficient (Wildman–Crippen LogP) is 2.51. The van der Waals surface area contributed by atoms with Crippen molar-refractivity contribution in [2.45, 2.75) is 39.7 Å². The van der Waals surface area contributed by atoms with E-state index in [0.29, 0.717) is 12.4 Å². The number of benzene rings is 1. The second kappa shape index (κ2) is 9.10. The van der Waals surface area contributed by atoms with Gasteiger partial charge in [0.1, 0.15) is 0 Å². The molecule has 1 aliphatic rings. The average Bonchev–Trinajstić information content (AvgIpc) is 3.17. The molecule has 0 aliphatic carbocycles. The van der Waals surface area contributed by atoms with Crippen LogP contribution in [0.1, 0.15) is 44.1 Å². The number of piperazine rings is 1. The number of para-hydroxylation sites is 1. The Bertz CT molecular complexity index is 752. The maximum absolute atomic E-state index is 12.4. The molecule has 0 spiro atoms. The van der Waals surface area contributed by atoms with Gasteiger partial charge in [-0.1, -0.05) is 37.2 Å². The van der Waals surface area contributed by atoms with Crippen LogP contribution in [-0.2, 0) is 17.6 Å². The Morgan fingerprint density at radius 2 is 1.93 bits per heavy atom. The minimum Gasteiger partial charge on any atom is -0.338 e. The van der Waals surface area contributed by atoms with Gasteiger partial charge in [0.15, 0.2) is 5.82 Å². The van der Waals surface area contributed by atoms with Crippen LogP contribution in [0.2, 0.25) is 0 Å². The monoisotopic (exact) mass is 371 g/mol. The van der Waals surface area contributed by atoms with Gasteiger partial charge in [-0.15, -0.1) is 0 Å². The molecule has 7 heteroatoms. The lowest BCUT2D eigenvalue weighted by atomic mass is 10.1.